The van der Waals surface area contributed by atoms with E-state index in [4.69, 9.17) is 0 Å². The Morgan fingerprint density at radius 3 is 2.89 bits per heavy atom. The summed E-state index contributed by atoms with van der Waals surface area (Å²) in [5.41, 5.74) is 6.27. The van der Waals surface area contributed by atoms with Crippen LogP contribution in [0.3, 0.4) is 0 Å². The number of aryl methyl sites for hydroxylation is 1. The lowest BCUT2D eigenvalue weighted by Crippen LogP contribution is -2.24. The zero-order valence-corrected chi connectivity index (χ0v) is 10.5. The third-order valence-electron chi connectivity index (χ3n) is 3.65. The van der Waals surface area contributed by atoms with E-state index in [9.17, 15) is 5.11 Å². The van der Waals surface area contributed by atoms with Gasteiger partial charge in [0.15, 0.2) is 0 Å². The van der Waals surface area contributed by atoms with E-state index in [1.165, 1.54) is 22.3 Å². The minimum atomic E-state index is 0.366. The summed E-state index contributed by atoms with van der Waals surface area (Å²) in [5, 5.41) is 13.0. The molecule has 18 heavy (non-hydrogen) atoms. The van der Waals surface area contributed by atoms with Crippen LogP contribution in [0, 0.1) is 6.92 Å². The third-order valence-corrected chi connectivity index (χ3v) is 3.65. The Morgan fingerprint density at radius 1 is 1.17 bits per heavy atom. The molecule has 2 N–H and O–H groups in total. The van der Waals surface area contributed by atoms with Crippen LogP contribution >= 0.6 is 0 Å². The van der Waals surface area contributed by atoms with Crippen molar-refractivity contribution in [2.75, 3.05) is 6.54 Å². The lowest BCUT2D eigenvalue weighted by molar-refractivity contribution is 0.471. The van der Waals surface area contributed by atoms with Crippen molar-refractivity contribution < 1.29 is 5.11 Å². The lowest BCUT2D eigenvalue weighted by atomic mass is 9.91. The first-order valence-electron chi connectivity index (χ1n) is 6.37. The van der Waals surface area contributed by atoms with Crippen molar-refractivity contribution in [1.29, 1.82) is 0 Å². The van der Waals surface area contributed by atoms with Crippen LogP contribution in [0.5, 0.6) is 5.75 Å². The molecule has 0 saturated heterocycles. The first-order valence-corrected chi connectivity index (χ1v) is 6.37. The van der Waals surface area contributed by atoms with Crippen molar-refractivity contribution >= 4 is 0 Å². The summed E-state index contributed by atoms with van der Waals surface area (Å²) in [4.78, 5) is 0. The largest absolute Gasteiger partial charge is 0.508 e. The Morgan fingerprint density at radius 2 is 2.06 bits per heavy atom. The Labute approximate surface area is 107 Å². The third kappa shape index (κ3) is 1.89. The van der Waals surface area contributed by atoms with E-state index in [-0.39, 0.29) is 0 Å². The molecule has 1 heterocycles. The summed E-state index contributed by atoms with van der Waals surface area (Å²) in [6.07, 6.45) is 1.07. The number of hydrogen-bond acceptors (Lipinski definition) is 2. The molecule has 0 atom stereocenters. The van der Waals surface area contributed by atoms with Gasteiger partial charge in [-0.2, -0.15) is 0 Å². The van der Waals surface area contributed by atoms with Gasteiger partial charge in [0.1, 0.15) is 5.75 Å². The molecule has 0 bridgehead atoms. The molecule has 1 aliphatic heterocycles. The van der Waals surface area contributed by atoms with Gasteiger partial charge in [-0.1, -0.05) is 24.3 Å². The smallest absolute Gasteiger partial charge is 0.118 e. The first-order chi connectivity index (χ1) is 8.75. The maximum Gasteiger partial charge on any atom is 0.118 e. The molecular weight excluding hydrogens is 222 g/mol. The van der Waals surface area contributed by atoms with Gasteiger partial charge in [-0.25, -0.2) is 0 Å². The predicted molar refractivity (Wildman–Crippen MR) is 73.7 cm³/mol. The van der Waals surface area contributed by atoms with Gasteiger partial charge in [0.25, 0.3) is 0 Å². The van der Waals surface area contributed by atoms with Gasteiger partial charge < -0.3 is 10.4 Å². The molecule has 0 aliphatic carbocycles. The summed E-state index contributed by atoms with van der Waals surface area (Å²) in [6, 6.07) is 12.3. The molecule has 1 aliphatic rings. The highest BCUT2D eigenvalue weighted by Gasteiger charge is 2.13. The molecule has 0 saturated carbocycles. The fraction of sp³-hybridized carbons (Fsp3) is 0.250. The van der Waals surface area contributed by atoms with E-state index in [1.807, 2.05) is 13.0 Å². The van der Waals surface area contributed by atoms with Gasteiger partial charge in [0.2, 0.25) is 0 Å². The molecular formula is C16H17NO. The van der Waals surface area contributed by atoms with Crippen LogP contribution in [0.25, 0.3) is 11.1 Å². The standard InChI is InChI=1S/C16H17NO/c1-11-9-12(5-6-16(11)18)14-4-2-3-13-10-17-8-7-15(13)14/h2-6,9,17-18H,7-8,10H2,1H3. The number of phenolic OH excluding ortho intramolecular Hbond substituents is 1. The van der Waals surface area contributed by atoms with Crippen molar-refractivity contribution in [3.8, 4) is 16.9 Å². The van der Waals surface area contributed by atoms with Crippen molar-refractivity contribution in [3.05, 3.63) is 53.1 Å². The van der Waals surface area contributed by atoms with Crippen LogP contribution in [0.15, 0.2) is 36.4 Å². The van der Waals surface area contributed by atoms with E-state index >= 15 is 0 Å². The second kappa shape index (κ2) is 4.46. The van der Waals surface area contributed by atoms with E-state index in [0.29, 0.717) is 5.75 Å². The lowest BCUT2D eigenvalue weighted by Gasteiger charge is -2.20. The van der Waals surface area contributed by atoms with Crippen molar-refractivity contribution in [2.45, 2.75) is 19.9 Å². The monoisotopic (exact) mass is 239 g/mol. The average molecular weight is 239 g/mol. The fourth-order valence-electron chi connectivity index (χ4n) is 2.63. The number of rotatable bonds is 1. The summed E-state index contributed by atoms with van der Waals surface area (Å²) in [5.74, 6) is 0.366. The zero-order chi connectivity index (χ0) is 12.5. The minimum absolute atomic E-state index is 0.366. The van der Waals surface area contributed by atoms with E-state index in [0.717, 1.165) is 25.1 Å². The number of phenols is 1. The number of nitrogens with one attached hydrogen (secondary N) is 1. The van der Waals surface area contributed by atoms with Crippen LogP contribution in [0.4, 0.5) is 0 Å². The van der Waals surface area contributed by atoms with E-state index in [1.54, 1.807) is 6.07 Å². The number of aromatic hydroxyl groups is 1. The highest BCUT2D eigenvalue weighted by Crippen LogP contribution is 2.31. The summed E-state index contributed by atoms with van der Waals surface area (Å²) in [6.45, 7) is 3.94. The topological polar surface area (TPSA) is 32.3 Å². The molecule has 0 radical (unpaired) electrons. The molecule has 0 spiro atoms. The molecule has 0 aromatic heterocycles. The highest BCUT2D eigenvalue weighted by molar-refractivity contribution is 5.70. The summed E-state index contributed by atoms with van der Waals surface area (Å²) in [7, 11) is 0. The van der Waals surface area contributed by atoms with Gasteiger partial charge in [0.05, 0.1) is 0 Å². The Bertz CT molecular complexity index is 590. The maximum atomic E-state index is 9.62. The SMILES string of the molecule is Cc1cc(-c2cccc3c2CCNC3)ccc1O. The second-order valence-electron chi connectivity index (χ2n) is 4.87. The number of benzene rings is 2. The maximum absolute atomic E-state index is 9.62. The van der Waals surface area contributed by atoms with Crippen molar-refractivity contribution in [2.24, 2.45) is 0 Å². The molecule has 2 aromatic rings. The highest BCUT2D eigenvalue weighted by atomic mass is 16.3. The van der Waals surface area contributed by atoms with Gasteiger partial charge in [-0.15, -0.1) is 0 Å². The van der Waals surface area contributed by atoms with Crippen LogP contribution in [-0.2, 0) is 13.0 Å². The van der Waals surface area contributed by atoms with Crippen LogP contribution < -0.4 is 5.32 Å². The molecule has 3 rings (SSSR count). The van der Waals surface area contributed by atoms with Crippen LogP contribution in [0.2, 0.25) is 0 Å². The predicted octanol–water partition coefficient (Wildman–Crippen LogP) is 3.01. The van der Waals surface area contributed by atoms with Gasteiger partial charge in [0, 0.05) is 6.54 Å². The quantitative estimate of drug-likeness (QED) is 0.801. The normalized spacial score (nSPS) is 14.3. The second-order valence-corrected chi connectivity index (χ2v) is 4.87. The Kier molecular flexibility index (Phi) is 2.80. The van der Waals surface area contributed by atoms with Gasteiger partial charge in [-0.05, 0) is 59.8 Å². The fourth-order valence-corrected chi connectivity index (χ4v) is 2.63. The van der Waals surface area contributed by atoms with Crippen molar-refractivity contribution in [1.82, 2.24) is 5.32 Å². The molecule has 0 fully saturated rings. The molecule has 92 valence electrons. The van der Waals surface area contributed by atoms with Gasteiger partial charge in [-0.3, -0.25) is 0 Å². The van der Waals surface area contributed by atoms with E-state index in [2.05, 4.69) is 29.6 Å². The first kappa shape index (κ1) is 11.3. The molecule has 0 unspecified atom stereocenters. The summed E-state index contributed by atoms with van der Waals surface area (Å²) >= 11 is 0. The Balaban J connectivity index is 2.13. The van der Waals surface area contributed by atoms with Crippen LogP contribution in [-0.4, -0.2) is 11.7 Å². The molecule has 2 heteroatoms. The summed E-state index contributed by atoms with van der Waals surface area (Å²) < 4.78 is 0. The number of fused-ring (bicyclic) bond motifs is 1. The van der Waals surface area contributed by atoms with Crippen LogP contribution in [0.1, 0.15) is 16.7 Å². The Hall–Kier alpha value is -1.80. The average Bonchev–Trinajstić information content (AvgIpc) is 2.41. The van der Waals surface area contributed by atoms with Gasteiger partial charge >= 0.3 is 0 Å². The number of hydrogen-bond donors (Lipinski definition) is 2. The minimum Gasteiger partial charge on any atom is -0.508 e. The molecule has 2 nitrogen and oxygen atoms in total. The molecule has 0 amide bonds. The van der Waals surface area contributed by atoms with E-state index < -0.39 is 0 Å². The molecule has 2 aromatic carbocycles. The zero-order valence-electron chi connectivity index (χ0n) is 10.5. The van der Waals surface area contributed by atoms with Crippen molar-refractivity contribution in [3.63, 3.8) is 0 Å².